The van der Waals surface area contributed by atoms with Crippen molar-refractivity contribution in [2.75, 3.05) is 24.7 Å². The zero-order chi connectivity index (χ0) is 14.7. The molecule has 20 heavy (non-hydrogen) atoms. The summed E-state index contributed by atoms with van der Waals surface area (Å²) in [6.45, 7) is 2.36. The maximum atomic E-state index is 12.3. The van der Waals surface area contributed by atoms with Crippen molar-refractivity contribution >= 4 is 28.6 Å². The standard InChI is InChI=1S/C14H18N4OS/c1-9-17-11(8-20-9)7-16-14(19)12-6-10(15)4-5-13(12)18(2)3/h4-6,8H,7,15H2,1-3H3,(H,16,19). The Bertz CT molecular complexity index is 621. The first-order valence-corrected chi connectivity index (χ1v) is 7.11. The first-order valence-electron chi connectivity index (χ1n) is 6.23. The number of thiazole rings is 1. The largest absolute Gasteiger partial charge is 0.399 e. The van der Waals surface area contributed by atoms with Crippen LogP contribution in [-0.4, -0.2) is 25.0 Å². The van der Waals surface area contributed by atoms with E-state index in [4.69, 9.17) is 5.73 Å². The maximum Gasteiger partial charge on any atom is 0.253 e. The summed E-state index contributed by atoms with van der Waals surface area (Å²) in [4.78, 5) is 18.5. The Morgan fingerprint density at radius 1 is 1.45 bits per heavy atom. The van der Waals surface area contributed by atoms with E-state index in [-0.39, 0.29) is 5.91 Å². The molecule has 0 spiro atoms. The minimum absolute atomic E-state index is 0.147. The van der Waals surface area contributed by atoms with Crippen LogP contribution in [0.4, 0.5) is 11.4 Å². The van der Waals surface area contributed by atoms with Crippen molar-refractivity contribution in [2.45, 2.75) is 13.5 Å². The van der Waals surface area contributed by atoms with Gasteiger partial charge in [-0.15, -0.1) is 11.3 Å². The number of rotatable bonds is 4. The van der Waals surface area contributed by atoms with Crippen LogP contribution in [0.15, 0.2) is 23.6 Å². The molecule has 0 radical (unpaired) electrons. The van der Waals surface area contributed by atoms with Crippen LogP contribution in [-0.2, 0) is 6.54 Å². The smallest absolute Gasteiger partial charge is 0.253 e. The van der Waals surface area contributed by atoms with Gasteiger partial charge in [-0.25, -0.2) is 4.98 Å². The van der Waals surface area contributed by atoms with Gasteiger partial charge in [0.1, 0.15) is 0 Å². The van der Waals surface area contributed by atoms with Gasteiger partial charge >= 0.3 is 0 Å². The van der Waals surface area contributed by atoms with E-state index in [9.17, 15) is 4.79 Å². The average Bonchev–Trinajstić information content (AvgIpc) is 2.81. The molecule has 0 unspecified atom stereocenters. The lowest BCUT2D eigenvalue weighted by Crippen LogP contribution is -2.25. The van der Waals surface area contributed by atoms with Gasteiger partial charge in [0.25, 0.3) is 5.91 Å². The molecule has 0 saturated heterocycles. The summed E-state index contributed by atoms with van der Waals surface area (Å²) in [6.07, 6.45) is 0. The molecule has 0 saturated carbocycles. The lowest BCUT2D eigenvalue weighted by molar-refractivity contribution is 0.0951. The lowest BCUT2D eigenvalue weighted by atomic mass is 10.1. The quantitative estimate of drug-likeness (QED) is 0.845. The number of hydrogen-bond acceptors (Lipinski definition) is 5. The number of benzene rings is 1. The van der Waals surface area contributed by atoms with Crippen LogP contribution in [0, 0.1) is 6.92 Å². The second kappa shape index (κ2) is 5.92. The van der Waals surface area contributed by atoms with E-state index in [0.717, 1.165) is 16.4 Å². The maximum absolute atomic E-state index is 12.3. The van der Waals surface area contributed by atoms with Crippen molar-refractivity contribution in [2.24, 2.45) is 0 Å². The summed E-state index contributed by atoms with van der Waals surface area (Å²) in [7, 11) is 3.79. The van der Waals surface area contributed by atoms with E-state index in [1.807, 2.05) is 37.4 Å². The lowest BCUT2D eigenvalue weighted by Gasteiger charge is -2.17. The van der Waals surface area contributed by atoms with E-state index in [1.54, 1.807) is 23.5 Å². The van der Waals surface area contributed by atoms with E-state index in [1.165, 1.54) is 0 Å². The third kappa shape index (κ3) is 3.27. The fourth-order valence-corrected chi connectivity index (χ4v) is 2.49. The van der Waals surface area contributed by atoms with Crippen LogP contribution >= 0.6 is 11.3 Å². The highest BCUT2D eigenvalue weighted by Gasteiger charge is 2.13. The third-order valence-electron chi connectivity index (χ3n) is 2.84. The predicted molar refractivity (Wildman–Crippen MR) is 83.2 cm³/mol. The van der Waals surface area contributed by atoms with E-state index in [2.05, 4.69) is 10.3 Å². The number of hydrogen-bond donors (Lipinski definition) is 2. The number of carbonyl (C=O) groups excluding carboxylic acids is 1. The molecule has 1 aromatic heterocycles. The minimum atomic E-state index is -0.147. The van der Waals surface area contributed by atoms with Gasteiger partial charge in [0, 0.05) is 30.9 Å². The number of carbonyl (C=O) groups is 1. The van der Waals surface area contributed by atoms with Gasteiger partial charge in [0.2, 0.25) is 0 Å². The molecule has 0 fully saturated rings. The number of amides is 1. The second-order valence-corrected chi connectivity index (χ2v) is 5.77. The molecule has 0 aliphatic heterocycles. The number of nitrogen functional groups attached to an aromatic ring is 1. The SMILES string of the molecule is Cc1nc(CNC(=O)c2cc(N)ccc2N(C)C)cs1. The summed E-state index contributed by atoms with van der Waals surface area (Å²) in [5, 5.41) is 5.81. The van der Waals surface area contributed by atoms with Crippen molar-refractivity contribution < 1.29 is 4.79 Å². The molecule has 3 N–H and O–H groups in total. The molecule has 1 heterocycles. The highest BCUT2D eigenvalue weighted by atomic mass is 32.1. The molecular weight excluding hydrogens is 272 g/mol. The van der Waals surface area contributed by atoms with Gasteiger partial charge in [-0.3, -0.25) is 4.79 Å². The molecule has 5 nitrogen and oxygen atoms in total. The fourth-order valence-electron chi connectivity index (χ4n) is 1.88. The number of nitrogens with two attached hydrogens (primary N) is 1. The van der Waals surface area contributed by atoms with Gasteiger partial charge in [-0.1, -0.05) is 0 Å². The Balaban J connectivity index is 2.14. The zero-order valence-electron chi connectivity index (χ0n) is 11.8. The van der Waals surface area contributed by atoms with Crippen LogP contribution in [0.2, 0.25) is 0 Å². The van der Waals surface area contributed by atoms with Gasteiger partial charge < -0.3 is 16.0 Å². The normalized spacial score (nSPS) is 10.3. The fraction of sp³-hybridized carbons (Fsp3) is 0.286. The Hall–Kier alpha value is -2.08. The number of nitrogens with zero attached hydrogens (tertiary/aromatic N) is 2. The molecule has 2 rings (SSSR count). The second-order valence-electron chi connectivity index (χ2n) is 4.71. The van der Waals surface area contributed by atoms with E-state index >= 15 is 0 Å². The van der Waals surface area contributed by atoms with Crippen molar-refractivity contribution in [3.8, 4) is 0 Å². The highest BCUT2D eigenvalue weighted by Crippen LogP contribution is 2.21. The van der Waals surface area contributed by atoms with E-state index < -0.39 is 0 Å². The van der Waals surface area contributed by atoms with Gasteiger partial charge in [-0.05, 0) is 25.1 Å². The first-order chi connectivity index (χ1) is 9.47. The van der Waals surface area contributed by atoms with Crippen molar-refractivity contribution in [3.05, 3.63) is 39.8 Å². The molecule has 0 atom stereocenters. The van der Waals surface area contributed by atoms with Crippen LogP contribution in [0.3, 0.4) is 0 Å². The van der Waals surface area contributed by atoms with Crippen LogP contribution < -0.4 is 16.0 Å². The molecule has 106 valence electrons. The van der Waals surface area contributed by atoms with Gasteiger partial charge in [-0.2, -0.15) is 0 Å². The Morgan fingerprint density at radius 2 is 2.20 bits per heavy atom. The molecule has 1 aromatic carbocycles. The zero-order valence-corrected chi connectivity index (χ0v) is 12.6. The summed E-state index contributed by atoms with van der Waals surface area (Å²) < 4.78 is 0. The average molecular weight is 290 g/mol. The molecule has 0 aliphatic carbocycles. The number of aromatic nitrogens is 1. The molecular formula is C14H18N4OS. The third-order valence-corrected chi connectivity index (χ3v) is 3.67. The molecule has 6 heteroatoms. The number of aryl methyl sites for hydroxylation is 1. The van der Waals surface area contributed by atoms with Gasteiger partial charge in [0.05, 0.1) is 22.8 Å². The Labute approximate surface area is 122 Å². The predicted octanol–water partition coefficient (Wildman–Crippen LogP) is 2.03. The highest BCUT2D eigenvalue weighted by molar-refractivity contribution is 7.09. The van der Waals surface area contributed by atoms with Crippen molar-refractivity contribution in [1.29, 1.82) is 0 Å². The van der Waals surface area contributed by atoms with E-state index in [0.29, 0.717) is 17.8 Å². The summed E-state index contributed by atoms with van der Waals surface area (Å²) >= 11 is 1.57. The summed E-state index contributed by atoms with van der Waals surface area (Å²) in [6, 6.07) is 5.32. The molecule has 1 amide bonds. The van der Waals surface area contributed by atoms with Gasteiger partial charge in [0.15, 0.2) is 0 Å². The number of nitrogens with one attached hydrogen (secondary N) is 1. The topological polar surface area (TPSA) is 71.2 Å². The van der Waals surface area contributed by atoms with Crippen LogP contribution in [0.5, 0.6) is 0 Å². The molecule has 0 aliphatic rings. The molecule has 2 aromatic rings. The van der Waals surface area contributed by atoms with Crippen LogP contribution in [0.1, 0.15) is 21.1 Å². The number of anilines is 2. The van der Waals surface area contributed by atoms with Crippen molar-refractivity contribution in [3.63, 3.8) is 0 Å². The summed E-state index contributed by atoms with van der Waals surface area (Å²) in [5.74, 6) is -0.147. The molecule has 0 bridgehead atoms. The van der Waals surface area contributed by atoms with Crippen molar-refractivity contribution in [1.82, 2.24) is 10.3 Å². The Morgan fingerprint density at radius 3 is 2.80 bits per heavy atom. The summed E-state index contributed by atoms with van der Waals surface area (Å²) in [5.41, 5.74) is 8.62. The van der Waals surface area contributed by atoms with Crippen LogP contribution in [0.25, 0.3) is 0 Å². The Kier molecular flexibility index (Phi) is 4.24. The monoisotopic (exact) mass is 290 g/mol. The minimum Gasteiger partial charge on any atom is -0.399 e. The first kappa shape index (κ1) is 14.3.